The second kappa shape index (κ2) is 5.51. The van der Waals surface area contributed by atoms with Gasteiger partial charge in [-0.1, -0.05) is 18.2 Å². The Morgan fingerprint density at radius 2 is 2.06 bits per heavy atom. The Hall–Kier alpha value is -1.80. The van der Waals surface area contributed by atoms with Gasteiger partial charge in [-0.15, -0.1) is 0 Å². The first kappa shape index (κ1) is 13.3. The van der Waals surface area contributed by atoms with Gasteiger partial charge in [-0.25, -0.2) is 0 Å². The van der Waals surface area contributed by atoms with E-state index in [0.717, 1.165) is 6.07 Å². The number of alkyl halides is 3. The summed E-state index contributed by atoms with van der Waals surface area (Å²) in [5.74, 6) is 0. The third-order valence-corrected chi connectivity index (χ3v) is 2.11. The van der Waals surface area contributed by atoms with E-state index in [0.29, 0.717) is 18.5 Å². The zero-order valence-corrected chi connectivity index (χ0v) is 8.96. The van der Waals surface area contributed by atoms with Crippen molar-refractivity contribution in [1.29, 1.82) is 5.26 Å². The Labute approximate surface area is 97.2 Å². The molecule has 0 amide bonds. The van der Waals surface area contributed by atoms with Crippen molar-refractivity contribution >= 4 is 6.08 Å². The number of rotatable bonds is 3. The van der Waals surface area contributed by atoms with Crippen molar-refractivity contribution < 1.29 is 13.2 Å². The molecular formula is C12H11F3N2. The summed E-state index contributed by atoms with van der Waals surface area (Å²) < 4.78 is 37.8. The molecule has 1 aromatic carbocycles. The average Bonchev–Trinajstić information content (AvgIpc) is 2.28. The number of benzene rings is 1. The maximum Gasteiger partial charge on any atom is 0.417 e. The first-order valence-corrected chi connectivity index (χ1v) is 4.97. The fraction of sp³-hybridized carbons (Fsp3) is 0.250. The van der Waals surface area contributed by atoms with E-state index in [-0.39, 0.29) is 5.56 Å². The third-order valence-electron chi connectivity index (χ3n) is 2.11. The summed E-state index contributed by atoms with van der Waals surface area (Å²) >= 11 is 0. The van der Waals surface area contributed by atoms with Crippen LogP contribution in [0.1, 0.15) is 23.1 Å². The summed E-state index contributed by atoms with van der Waals surface area (Å²) in [4.78, 5) is 0. The highest BCUT2D eigenvalue weighted by atomic mass is 19.4. The number of nitrogens with two attached hydrogens (primary N) is 1. The van der Waals surface area contributed by atoms with Crippen molar-refractivity contribution in [3.05, 3.63) is 41.0 Å². The first-order chi connectivity index (χ1) is 7.99. The molecule has 0 spiro atoms. The van der Waals surface area contributed by atoms with Crippen LogP contribution < -0.4 is 5.73 Å². The molecule has 0 atom stereocenters. The van der Waals surface area contributed by atoms with Crippen LogP contribution in [-0.2, 0) is 6.18 Å². The number of hydrogen-bond donors (Lipinski definition) is 1. The van der Waals surface area contributed by atoms with Crippen molar-refractivity contribution in [2.24, 2.45) is 5.73 Å². The quantitative estimate of drug-likeness (QED) is 0.883. The molecule has 0 aromatic heterocycles. The lowest BCUT2D eigenvalue weighted by Crippen LogP contribution is -2.07. The highest BCUT2D eigenvalue weighted by Crippen LogP contribution is 2.32. The number of hydrogen-bond acceptors (Lipinski definition) is 2. The molecule has 0 unspecified atom stereocenters. The van der Waals surface area contributed by atoms with Crippen LogP contribution in [0.5, 0.6) is 0 Å². The highest BCUT2D eigenvalue weighted by Gasteiger charge is 2.33. The zero-order valence-electron chi connectivity index (χ0n) is 8.96. The van der Waals surface area contributed by atoms with E-state index in [4.69, 9.17) is 11.0 Å². The molecule has 0 heterocycles. The zero-order chi connectivity index (χ0) is 12.9. The fourth-order valence-electron chi connectivity index (χ4n) is 1.31. The Balaban J connectivity index is 3.11. The number of halogens is 3. The molecule has 1 aromatic rings. The third kappa shape index (κ3) is 3.61. The summed E-state index contributed by atoms with van der Waals surface area (Å²) in [5.41, 5.74) is 4.40. The maximum atomic E-state index is 12.6. The van der Waals surface area contributed by atoms with E-state index in [1.807, 2.05) is 0 Å². The Bertz CT molecular complexity index is 456. The van der Waals surface area contributed by atoms with Crippen molar-refractivity contribution in [1.82, 2.24) is 0 Å². The van der Waals surface area contributed by atoms with Gasteiger partial charge >= 0.3 is 6.18 Å². The van der Waals surface area contributed by atoms with Crippen molar-refractivity contribution in [3.8, 4) is 6.07 Å². The highest BCUT2D eigenvalue weighted by molar-refractivity contribution is 5.54. The molecule has 1 rings (SSSR count). The monoisotopic (exact) mass is 240 g/mol. The van der Waals surface area contributed by atoms with Crippen LogP contribution in [0.3, 0.4) is 0 Å². The molecule has 2 N–H and O–H groups in total. The molecule has 0 aliphatic rings. The van der Waals surface area contributed by atoms with Crippen LogP contribution in [0.15, 0.2) is 24.3 Å². The van der Waals surface area contributed by atoms with Gasteiger partial charge in [0, 0.05) is 0 Å². The summed E-state index contributed by atoms with van der Waals surface area (Å²) in [6.07, 6.45) is -0.658. The maximum absolute atomic E-state index is 12.6. The molecule has 0 saturated carbocycles. The topological polar surface area (TPSA) is 49.8 Å². The first-order valence-electron chi connectivity index (χ1n) is 4.97. The van der Waals surface area contributed by atoms with E-state index < -0.39 is 11.7 Å². The molecule has 0 aliphatic heterocycles. The molecule has 0 saturated heterocycles. The van der Waals surface area contributed by atoms with Gasteiger partial charge in [-0.3, -0.25) is 0 Å². The van der Waals surface area contributed by atoms with E-state index in [1.54, 1.807) is 12.2 Å². The lowest BCUT2D eigenvalue weighted by atomic mass is 10.0. The normalized spacial score (nSPS) is 11.7. The van der Waals surface area contributed by atoms with Crippen LogP contribution in [0.2, 0.25) is 0 Å². The second-order valence-electron chi connectivity index (χ2n) is 3.39. The molecule has 0 radical (unpaired) electrons. The molecule has 5 heteroatoms. The smallest absolute Gasteiger partial charge is 0.330 e. The van der Waals surface area contributed by atoms with Crippen LogP contribution in [-0.4, -0.2) is 6.54 Å². The molecule has 17 heavy (non-hydrogen) atoms. The van der Waals surface area contributed by atoms with Crippen LogP contribution in [0, 0.1) is 11.3 Å². The molecule has 0 fully saturated rings. The summed E-state index contributed by atoms with van der Waals surface area (Å²) in [7, 11) is 0. The molecular weight excluding hydrogens is 229 g/mol. The largest absolute Gasteiger partial charge is 0.417 e. The molecule has 2 nitrogen and oxygen atoms in total. The van der Waals surface area contributed by atoms with Gasteiger partial charge in [0.25, 0.3) is 0 Å². The minimum absolute atomic E-state index is 0.367. The Morgan fingerprint density at radius 1 is 1.35 bits per heavy atom. The van der Waals surface area contributed by atoms with Crippen LogP contribution >= 0.6 is 0 Å². The molecule has 0 aliphatic carbocycles. The second-order valence-corrected chi connectivity index (χ2v) is 3.39. The fourth-order valence-corrected chi connectivity index (χ4v) is 1.31. The number of nitriles is 1. The van der Waals surface area contributed by atoms with E-state index >= 15 is 0 Å². The SMILES string of the molecule is N#Cc1ccc(C=CCCN)cc1C(F)(F)F. The van der Waals surface area contributed by atoms with Crippen molar-refractivity contribution in [2.45, 2.75) is 12.6 Å². The van der Waals surface area contributed by atoms with Crippen molar-refractivity contribution in [3.63, 3.8) is 0 Å². The Morgan fingerprint density at radius 3 is 2.59 bits per heavy atom. The van der Waals surface area contributed by atoms with Crippen molar-refractivity contribution in [2.75, 3.05) is 6.54 Å². The van der Waals surface area contributed by atoms with Gasteiger partial charge in [0.1, 0.15) is 0 Å². The van der Waals surface area contributed by atoms with Gasteiger partial charge < -0.3 is 5.73 Å². The van der Waals surface area contributed by atoms with Gasteiger partial charge in [0.15, 0.2) is 0 Å². The van der Waals surface area contributed by atoms with E-state index in [2.05, 4.69) is 0 Å². The van der Waals surface area contributed by atoms with Crippen LogP contribution in [0.25, 0.3) is 6.08 Å². The predicted molar refractivity (Wildman–Crippen MR) is 58.9 cm³/mol. The molecule has 90 valence electrons. The molecule has 0 bridgehead atoms. The number of nitrogens with zero attached hydrogens (tertiary/aromatic N) is 1. The average molecular weight is 240 g/mol. The van der Waals surface area contributed by atoms with Gasteiger partial charge in [0.05, 0.1) is 17.2 Å². The lowest BCUT2D eigenvalue weighted by Gasteiger charge is -2.09. The minimum atomic E-state index is -4.51. The van der Waals surface area contributed by atoms with Gasteiger partial charge in [0.2, 0.25) is 0 Å². The Kier molecular flexibility index (Phi) is 4.30. The minimum Gasteiger partial charge on any atom is -0.330 e. The summed E-state index contributed by atoms with van der Waals surface area (Å²) in [6.45, 7) is 0.443. The van der Waals surface area contributed by atoms with Gasteiger partial charge in [-0.05, 0) is 30.7 Å². The van der Waals surface area contributed by atoms with Gasteiger partial charge in [-0.2, -0.15) is 18.4 Å². The van der Waals surface area contributed by atoms with Crippen LogP contribution in [0.4, 0.5) is 13.2 Å². The summed E-state index contributed by atoms with van der Waals surface area (Å²) in [5, 5.41) is 8.60. The van der Waals surface area contributed by atoms with E-state index in [9.17, 15) is 13.2 Å². The predicted octanol–water partition coefficient (Wildman–Crippen LogP) is 2.94. The lowest BCUT2D eigenvalue weighted by molar-refractivity contribution is -0.137. The van der Waals surface area contributed by atoms with E-state index in [1.165, 1.54) is 18.2 Å². The summed E-state index contributed by atoms with van der Waals surface area (Å²) in [6, 6.07) is 5.14. The standard InChI is InChI=1S/C12H11F3N2/c13-12(14,15)11-7-9(3-1-2-6-16)4-5-10(11)8-17/h1,3-5,7H,2,6,16H2.